The van der Waals surface area contributed by atoms with Gasteiger partial charge in [-0.15, -0.1) is 0 Å². The van der Waals surface area contributed by atoms with E-state index in [0.29, 0.717) is 18.9 Å². The molecule has 0 spiro atoms. The zero-order valence-corrected chi connectivity index (χ0v) is 13.6. The molecule has 20 heavy (non-hydrogen) atoms. The molecule has 0 radical (unpaired) electrons. The van der Waals surface area contributed by atoms with Crippen LogP contribution in [0.5, 0.6) is 0 Å². The molecule has 0 aromatic carbocycles. The number of nitrogens with zero attached hydrogens (tertiary/aromatic N) is 1. The van der Waals surface area contributed by atoms with Crippen molar-refractivity contribution in [2.24, 2.45) is 5.92 Å². The summed E-state index contributed by atoms with van der Waals surface area (Å²) in [5.74, 6) is 2.67. The highest BCUT2D eigenvalue weighted by Gasteiger charge is 2.56. The predicted molar refractivity (Wildman–Crippen MR) is 82.7 cm³/mol. The summed E-state index contributed by atoms with van der Waals surface area (Å²) in [4.78, 5) is 27.0. The molecule has 2 atom stereocenters. The van der Waals surface area contributed by atoms with Crippen molar-refractivity contribution in [2.75, 3.05) is 18.1 Å². The molecular formula is C15H26N2O2S. The van der Waals surface area contributed by atoms with Gasteiger partial charge in [-0.3, -0.25) is 9.59 Å². The number of nitrogens with one attached hydrogen (secondary N) is 1. The lowest BCUT2D eigenvalue weighted by Crippen LogP contribution is -2.70. The first-order valence-corrected chi connectivity index (χ1v) is 8.91. The monoisotopic (exact) mass is 298 g/mol. The highest BCUT2D eigenvalue weighted by atomic mass is 32.2. The minimum Gasteiger partial charge on any atom is -0.342 e. The second-order valence-corrected chi connectivity index (χ2v) is 7.29. The van der Waals surface area contributed by atoms with Gasteiger partial charge >= 0.3 is 0 Å². The summed E-state index contributed by atoms with van der Waals surface area (Å²) in [5.41, 5.74) is -0.611. The molecule has 5 heteroatoms. The fraction of sp³-hybridized carbons (Fsp3) is 0.867. The van der Waals surface area contributed by atoms with Gasteiger partial charge in [0, 0.05) is 6.54 Å². The van der Waals surface area contributed by atoms with Crippen molar-refractivity contribution in [1.82, 2.24) is 10.2 Å². The molecule has 1 heterocycles. The predicted octanol–water partition coefficient (Wildman–Crippen LogP) is 2.04. The van der Waals surface area contributed by atoms with E-state index in [1.807, 2.05) is 30.5 Å². The Kier molecular flexibility index (Phi) is 4.99. The standard InChI is InChI=1S/C15H26N2O2S/c1-4-12-13(18)17(9-6-10-20-5-2)15(3,11-7-8-11)14(19)16-12/h11-12H,4-10H2,1-3H3,(H,16,19). The van der Waals surface area contributed by atoms with E-state index in [2.05, 4.69) is 12.2 Å². The normalized spacial score (nSPS) is 30.6. The quantitative estimate of drug-likeness (QED) is 0.732. The lowest BCUT2D eigenvalue weighted by molar-refractivity contribution is -0.158. The summed E-state index contributed by atoms with van der Waals surface area (Å²) in [6.45, 7) is 6.76. The molecule has 2 rings (SSSR count). The van der Waals surface area contributed by atoms with Gasteiger partial charge in [-0.1, -0.05) is 13.8 Å². The molecule has 2 unspecified atom stereocenters. The Hall–Kier alpha value is -0.710. The minimum absolute atomic E-state index is 0.0506. The number of hydrogen-bond acceptors (Lipinski definition) is 3. The molecule has 2 aliphatic rings. The Bertz CT molecular complexity index is 384. The third-order valence-electron chi connectivity index (χ3n) is 4.54. The number of rotatable bonds is 7. The fourth-order valence-electron chi connectivity index (χ4n) is 3.05. The van der Waals surface area contributed by atoms with Crippen LogP contribution in [0.4, 0.5) is 0 Å². The highest BCUT2D eigenvalue weighted by molar-refractivity contribution is 7.99. The lowest BCUT2D eigenvalue weighted by atomic mass is 9.87. The van der Waals surface area contributed by atoms with Crippen LogP contribution in [0.2, 0.25) is 0 Å². The second-order valence-electron chi connectivity index (χ2n) is 5.90. The fourth-order valence-corrected chi connectivity index (χ4v) is 3.67. The van der Waals surface area contributed by atoms with Gasteiger partial charge < -0.3 is 10.2 Å². The zero-order chi connectivity index (χ0) is 14.8. The maximum atomic E-state index is 12.6. The molecular weight excluding hydrogens is 272 g/mol. The van der Waals surface area contributed by atoms with Crippen molar-refractivity contribution in [3.63, 3.8) is 0 Å². The van der Waals surface area contributed by atoms with Gasteiger partial charge in [0.2, 0.25) is 11.8 Å². The Morgan fingerprint density at radius 3 is 2.60 bits per heavy atom. The Balaban J connectivity index is 2.11. The first-order chi connectivity index (χ1) is 9.55. The zero-order valence-electron chi connectivity index (χ0n) is 12.8. The minimum atomic E-state index is -0.611. The molecule has 0 aromatic heterocycles. The first kappa shape index (κ1) is 15.7. The summed E-state index contributed by atoms with van der Waals surface area (Å²) in [7, 11) is 0. The summed E-state index contributed by atoms with van der Waals surface area (Å²) in [5, 5.41) is 2.92. The first-order valence-electron chi connectivity index (χ1n) is 7.75. The van der Waals surface area contributed by atoms with Crippen LogP contribution in [0.25, 0.3) is 0 Å². The Labute approximate surface area is 126 Å². The average Bonchev–Trinajstić information content (AvgIpc) is 3.26. The molecule has 0 aromatic rings. The largest absolute Gasteiger partial charge is 0.342 e. The molecule has 1 aliphatic carbocycles. The third kappa shape index (κ3) is 2.83. The molecule has 1 aliphatic heterocycles. The highest BCUT2D eigenvalue weighted by Crippen LogP contribution is 2.45. The molecule has 2 fully saturated rings. The molecule has 0 bridgehead atoms. The molecule has 114 valence electrons. The third-order valence-corrected chi connectivity index (χ3v) is 5.53. The molecule has 1 saturated carbocycles. The van der Waals surface area contributed by atoms with E-state index in [9.17, 15) is 9.59 Å². The topological polar surface area (TPSA) is 49.4 Å². The van der Waals surface area contributed by atoms with Crippen LogP contribution >= 0.6 is 11.8 Å². The van der Waals surface area contributed by atoms with E-state index in [0.717, 1.165) is 30.8 Å². The van der Waals surface area contributed by atoms with Gasteiger partial charge in [-0.05, 0) is 50.0 Å². The summed E-state index contributed by atoms with van der Waals surface area (Å²) < 4.78 is 0. The van der Waals surface area contributed by atoms with E-state index in [-0.39, 0.29) is 17.9 Å². The van der Waals surface area contributed by atoms with Crippen LogP contribution in [-0.2, 0) is 9.59 Å². The number of carbonyl (C=O) groups is 2. The number of hydrogen-bond donors (Lipinski definition) is 1. The van der Waals surface area contributed by atoms with Crippen LogP contribution in [-0.4, -0.2) is 46.3 Å². The van der Waals surface area contributed by atoms with Crippen LogP contribution in [0, 0.1) is 5.92 Å². The van der Waals surface area contributed by atoms with Crippen LogP contribution in [0.15, 0.2) is 0 Å². The lowest BCUT2D eigenvalue weighted by Gasteiger charge is -2.46. The van der Waals surface area contributed by atoms with Gasteiger partial charge in [0.15, 0.2) is 0 Å². The van der Waals surface area contributed by atoms with Crippen LogP contribution in [0.3, 0.4) is 0 Å². The number of piperazine rings is 1. The average molecular weight is 298 g/mol. The van der Waals surface area contributed by atoms with E-state index in [4.69, 9.17) is 0 Å². The van der Waals surface area contributed by atoms with Crippen molar-refractivity contribution in [2.45, 2.75) is 58.0 Å². The van der Waals surface area contributed by atoms with Gasteiger partial charge in [-0.25, -0.2) is 0 Å². The van der Waals surface area contributed by atoms with Crippen molar-refractivity contribution in [3.8, 4) is 0 Å². The van der Waals surface area contributed by atoms with E-state index in [1.165, 1.54) is 0 Å². The number of amides is 2. The summed E-state index contributed by atoms with van der Waals surface area (Å²) in [6.07, 6.45) is 3.77. The molecule has 1 saturated heterocycles. The summed E-state index contributed by atoms with van der Waals surface area (Å²) >= 11 is 1.89. The number of carbonyl (C=O) groups excluding carboxylic acids is 2. The van der Waals surface area contributed by atoms with Crippen LogP contribution in [0.1, 0.15) is 46.5 Å². The Morgan fingerprint density at radius 2 is 2.05 bits per heavy atom. The van der Waals surface area contributed by atoms with Crippen LogP contribution < -0.4 is 5.32 Å². The van der Waals surface area contributed by atoms with E-state index >= 15 is 0 Å². The van der Waals surface area contributed by atoms with Gasteiger partial charge in [-0.2, -0.15) is 11.8 Å². The maximum absolute atomic E-state index is 12.6. The van der Waals surface area contributed by atoms with Gasteiger partial charge in [0.05, 0.1) is 0 Å². The van der Waals surface area contributed by atoms with E-state index in [1.54, 1.807) is 0 Å². The van der Waals surface area contributed by atoms with E-state index < -0.39 is 5.54 Å². The smallest absolute Gasteiger partial charge is 0.246 e. The molecule has 1 N–H and O–H groups in total. The summed E-state index contributed by atoms with van der Waals surface area (Å²) in [6, 6.07) is -0.326. The van der Waals surface area contributed by atoms with Gasteiger partial charge in [0.25, 0.3) is 0 Å². The molecule has 4 nitrogen and oxygen atoms in total. The SMILES string of the molecule is CCSCCCN1C(=O)C(CC)NC(=O)C1(C)C1CC1. The van der Waals surface area contributed by atoms with Crippen molar-refractivity contribution >= 4 is 23.6 Å². The van der Waals surface area contributed by atoms with Crippen molar-refractivity contribution < 1.29 is 9.59 Å². The second kappa shape index (κ2) is 6.37. The Morgan fingerprint density at radius 1 is 1.35 bits per heavy atom. The molecule has 2 amide bonds. The van der Waals surface area contributed by atoms with Crippen molar-refractivity contribution in [3.05, 3.63) is 0 Å². The number of thioether (sulfide) groups is 1. The maximum Gasteiger partial charge on any atom is 0.246 e. The van der Waals surface area contributed by atoms with Gasteiger partial charge in [0.1, 0.15) is 11.6 Å². The van der Waals surface area contributed by atoms with Crippen molar-refractivity contribution in [1.29, 1.82) is 0 Å².